The second-order valence-electron chi connectivity index (χ2n) is 3.53. The van der Waals surface area contributed by atoms with E-state index in [4.69, 9.17) is 0 Å². The van der Waals surface area contributed by atoms with Crippen molar-refractivity contribution in [1.82, 2.24) is 0 Å². The van der Waals surface area contributed by atoms with Crippen molar-refractivity contribution in [3.63, 3.8) is 0 Å². The standard InChI is InChI=1S/C14H13NO/c16-15-12-5-4-10-14(15)11-6-9-13-7-2-1-3-8-13/h1-10,12H,11H2/b9-6+. The molecule has 0 spiro atoms. The molecular weight excluding hydrogens is 198 g/mol. The third-order valence-corrected chi connectivity index (χ3v) is 2.34. The quantitative estimate of drug-likeness (QED) is 0.566. The molecule has 2 nitrogen and oxygen atoms in total. The summed E-state index contributed by atoms with van der Waals surface area (Å²) in [6.45, 7) is 0. The van der Waals surface area contributed by atoms with Gasteiger partial charge < -0.3 is 5.21 Å². The maximum absolute atomic E-state index is 11.3. The average Bonchev–Trinajstić information content (AvgIpc) is 2.33. The highest BCUT2D eigenvalue weighted by Gasteiger charge is 1.98. The summed E-state index contributed by atoms with van der Waals surface area (Å²) in [5.74, 6) is 0. The van der Waals surface area contributed by atoms with Crippen LogP contribution in [0.4, 0.5) is 0 Å². The van der Waals surface area contributed by atoms with Crippen molar-refractivity contribution in [2.75, 3.05) is 0 Å². The molecule has 0 amide bonds. The van der Waals surface area contributed by atoms with Crippen LogP contribution >= 0.6 is 0 Å². The molecule has 1 aromatic carbocycles. The average molecular weight is 211 g/mol. The van der Waals surface area contributed by atoms with Crippen LogP contribution in [-0.4, -0.2) is 0 Å². The molecule has 16 heavy (non-hydrogen) atoms. The number of allylic oxidation sites excluding steroid dienone is 1. The van der Waals surface area contributed by atoms with Gasteiger partial charge in [-0.3, -0.25) is 0 Å². The van der Waals surface area contributed by atoms with E-state index in [1.165, 1.54) is 6.20 Å². The first-order valence-electron chi connectivity index (χ1n) is 5.25. The maximum atomic E-state index is 11.3. The lowest BCUT2D eigenvalue weighted by molar-refractivity contribution is -0.613. The van der Waals surface area contributed by atoms with Gasteiger partial charge in [0, 0.05) is 12.1 Å². The number of nitrogens with zero attached hydrogens (tertiary/aromatic N) is 1. The lowest BCUT2D eigenvalue weighted by atomic mass is 10.2. The van der Waals surface area contributed by atoms with E-state index in [0.29, 0.717) is 6.42 Å². The van der Waals surface area contributed by atoms with Crippen LogP contribution in [0.15, 0.2) is 60.8 Å². The zero-order valence-corrected chi connectivity index (χ0v) is 8.91. The summed E-state index contributed by atoms with van der Waals surface area (Å²) < 4.78 is 0.898. The predicted molar refractivity (Wildman–Crippen MR) is 64.6 cm³/mol. The second kappa shape index (κ2) is 5.12. The van der Waals surface area contributed by atoms with Crippen LogP contribution in [0.1, 0.15) is 11.3 Å². The lowest BCUT2D eigenvalue weighted by Gasteiger charge is -2.00. The molecule has 1 heterocycles. The van der Waals surface area contributed by atoms with Crippen molar-refractivity contribution in [1.29, 1.82) is 0 Å². The Balaban J connectivity index is 2.03. The third-order valence-electron chi connectivity index (χ3n) is 2.34. The SMILES string of the molecule is [O-][n+]1ccccc1C/C=C/c1ccccc1. The molecule has 0 atom stereocenters. The summed E-state index contributed by atoms with van der Waals surface area (Å²) in [6, 6.07) is 15.5. The zero-order valence-electron chi connectivity index (χ0n) is 8.91. The van der Waals surface area contributed by atoms with Crippen molar-refractivity contribution in [3.05, 3.63) is 77.3 Å². The molecule has 0 saturated heterocycles. The number of rotatable bonds is 3. The summed E-state index contributed by atoms with van der Waals surface area (Å²) >= 11 is 0. The lowest BCUT2D eigenvalue weighted by Crippen LogP contribution is -2.30. The third kappa shape index (κ3) is 2.70. The largest absolute Gasteiger partial charge is 0.618 e. The first-order valence-corrected chi connectivity index (χ1v) is 5.25. The Morgan fingerprint density at radius 1 is 1.00 bits per heavy atom. The van der Waals surface area contributed by atoms with Gasteiger partial charge in [0.15, 0.2) is 11.9 Å². The molecule has 0 aliphatic rings. The molecule has 0 aliphatic carbocycles. The second-order valence-corrected chi connectivity index (χ2v) is 3.53. The van der Waals surface area contributed by atoms with E-state index in [1.54, 1.807) is 6.07 Å². The Labute approximate surface area is 95.1 Å². The molecule has 0 N–H and O–H groups in total. The van der Waals surface area contributed by atoms with Gasteiger partial charge in [0.25, 0.3) is 0 Å². The monoisotopic (exact) mass is 211 g/mol. The first kappa shape index (κ1) is 10.4. The highest BCUT2D eigenvalue weighted by atomic mass is 16.5. The van der Waals surface area contributed by atoms with Crippen LogP contribution in [0, 0.1) is 5.21 Å². The minimum absolute atomic E-state index is 0.652. The Morgan fingerprint density at radius 2 is 1.75 bits per heavy atom. The summed E-state index contributed by atoms with van der Waals surface area (Å²) in [4.78, 5) is 0. The smallest absolute Gasteiger partial charge is 0.196 e. The fourth-order valence-corrected chi connectivity index (χ4v) is 1.50. The Kier molecular flexibility index (Phi) is 3.34. The number of hydrogen-bond acceptors (Lipinski definition) is 1. The Hall–Kier alpha value is -2.09. The van der Waals surface area contributed by atoms with E-state index >= 15 is 0 Å². The van der Waals surface area contributed by atoms with Gasteiger partial charge in [0.05, 0.1) is 6.42 Å². The fourth-order valence-electron chi connectivity index (χ4n) is 1.50. The summed E-state index contributed by atoms with van der Waals surface area (Å²) in [7, 11) is 0. The zero-order chi connectivity index (χ0) is 11.2. The molecule has 2 heteroatoms. The van der Waals surface area contributed by atoms with Crippen molar-refractivity contribution in [2.24, 2.45) is 0 Å². The topological polar surface area (TPSA) is 26.9 Å². The predicted octanol–water partition coefficient (Wildman–Crippen LogP) is 2.58. The molecule has 80 valence electrons. The molecule has 0 saturated carbocycles. The minimum Gasteiger partial charge on any atom is -0.618 e. The summed E-state index contributed by atoms with van der Waals surface area (Å²) in [5, 5.41) is 11.3. The summed E-state index contributed by atoms with van der Waals surface area (Å²) in [6.07, 6.45) is 6.19. The molecule has 0 fully saturated rings. The van der Waals surface area contributed by atoms with Crippen LogP contribution in [0.25, 0.3) is 6.08 Å². The van der Waals surface area contributed by atoms with Crippen LogP contribution in [0.2, 0.25) is 0 Å². The number of hydrogen-bond donors (Lipinski definition) is 0. The molecule has 0 unspecified atom stereocenters. The van der Waals surface area contributed by atoms with Gasteiger partial charge in [-0.2, -0.15) is 4.73 Å². The van der Waals surface area contributed by atoms with Gasteiger partial charge >= 0.3 is 0 Å². The van der Waals surface area contributed by atoms with Crippen LogP contribution in [0.5, 0.6) is 0 Å². The van der Waals surface area contributed by atoms with Crippen LogP contribution in [-0.2, 0) is 6.42 Å². The maximum Gasteiger partial charge on any atom is 0.196 e. The molecular formula is C14H13NO. The molecule has 2 aromatic rings. The Morgan fingerprint density at radius 3 is 2.50 bits per heavy atom. The van der Waals surface area contributed by atoms with Gasteiger partial charge in [-0.25, -0.2) is 0 Å². The minimum atomic E-state index is 0.652. The molecule has 0 radical (unpaired) electrons. The van der Waals surface area contributed by atoms with E-state index in [0.717, 1.165) is 16.0 Å². The van der Waals surface area contributed by atoms with Gasteiger partial charge in [-0.15, -0.1) is 0 Å². The summed E-state index contributed by atoms with van der Waals surface area (Å²) in [5.41, 5.74) is 1.91. The van der Waals surface area contributed by atoms with E-state index in [1.807, 2.05) is 54.6 Å². The molecule has 1 aromatic heterocycles. The van der Waals surface area contributed by atoms with E-state index in [-0.39, 0.29) is 0 Å². The normalized spacial score (nSPS) is 10.8. The van der Waals surface area contributed by atoms with Crippen LogP contribution in [0.3, 0.4) is 0 Å². The molecule has 2 rings (SSSR count). The van der Waals surface area contributed by atoms with Crippen molar-refractivity contribution in [2.45, 2.75) is 6.42 Å². The Bertz CT molecular complexity index is 477. The van der Waals surface area contributed by atoms with Crippen molar-refractivity contribution in [3.8, 4) is 0 Å². The highest BCUT2D eigenvalue weighted by Crippen LogP contribution is 2.02. The van der Waals surface area contributed by atoms with E-state index in [2.05, 4.69) is 0 Å². The van der Waals surface area contributed by atoms with Gasteiger partial charge in [-0.05, 0) is 5.56 Å². The number of pyridine rings is 1. The van der Waals surface area contributed by atoms with Crippen LogP contribution < -0.4 is 4.73 Å². The van der Waals surface area contributed by atoms with Crippen molar-refractivity contribution >= 4 is 6.08 Å². The van der Waals surface area contributed by atoms with Gasteiger partial charge in [0.2, 0.25) is 0 Å². The van der Waals surface area contributed by atoms with E-state index in [9.17, 15) is 5.21 Å². The van der Waals surface area contributed by atoms with E-state index < -0.39 is 0 Å². The van der Waals surface area contributed by atoms with Gasteiger partial charge in [0.1, 0.15) is 0 Å². The molecule has 0 bridgehead atoms. The number of benzene rings is 1. The fraction of sp³-hybridized carbons (Fsp3) is 0.0714. The number of aromatic nitrogens is 1. The highest BCUT2D eigenvalue weighted by molar-refractivity contribution is 5.48. The van der Waals surface area contributed by atoms with Gasteiger partial charge in [-0.1, -0.05) is 48.6 Å². The first-order chi connectivity index (χ1) is 7.86. The van der Waals surface area contributed by atoms with Crippen molar-refractivity contribution < 1.29 is 4.73 Å². The molecule has 0 aliphatic heterocycles.